The summed E-state index contributed by atoms with van der Waals surface area (Å²) >= 11 is 0. The van der Waals surface area contributed by atoms with Crippen LogP contribution in [-0.4, -0.2) is 36.7 Å². The van der Waals surface area contributed by atoms with E-state index >= 15 is 0 Å². The Hall–Kier alpha value is -1.06. The molecule has 3 heteroatoms. The van der Waals surface area contributed by atoms with E-state index in [9.17, 15) is 0 Å². The third-order valence-corrected chi connectivity index (χ3v) is 4.90. The Morgan fingerprint density at radius 1 is 1.29 bits per heavy atom. The van der Waals surface area contributed by atoms with Crippen molar-refractivity contribution in [2.75, 3.05) is 20.1 Å². The summed E-state index contributed by atoms with van der Waals surface area (Å²) in [6.45, 7) is 9.12. The normalized spacial score (nSPS) is 32.3. The number of ether oxygens (including phenoxy) is 1. The lowest BCUT2D eigenvalue weighted by atomic mass is 9.87. The largest absolute Gasteiger partial charge is 0.487 e. The molecule has 2 aliphatic heterocycles. The van der Waals surface area contributed by atoms with Crippen molar-refractivity contribution >= 4 is 0 Å². The van der Waals surface area contributed by atoms with Crippen LogP contribution >= 0.6 is 0 Å². The van der Waals surface area contributed by atoms with Crippen molar-refractivity contribution in [3.8, 4) is 5.75 Å². The molecular formula is C18H28N2O. The van der Waals surface area contributed by atoms with Gasteiger partial charge in [0.2, 0.25) is 0 Å². The summed E-state index contributed by atoms with van der Waals surface area (Å²) in [5.74, 6) is 1.74. The first-order chi connectivity index (χ1) is 9.94. The summed E-state index contributed by atoms with van der Waals surface area (Å²) in [5, 5.41) is 3.93. The predicted molar refractivity (Wildman–Crippen MR) is 86.7 cm³/mol. The molecular weight excluding hydrogens is 260 g/mol. The number of piperidine rings is 1. The summed E-state index contributed by atoms with van der Waals surface area (Å²) in [4.78, 5) is 2.44. The van der Waals surface area contributed by atoms with Crippen LogP contribution in [0.5, 0.6) is 5.75 Å². The maximum absolute atomic E-state index is 6.13. The minimum atomic E-state index is -0.0965. The van der Waals surface area contributed by atoms with Gasteiger partial charge in [0.15, 0.2) is 0 Å². The van der Waals surface area contributed by atoms with E-state index in [4.69, 9.17) is 4.74 Å². The highest BCUT2D eigenvalue weighted by atomic mass is 16.5. The Balaban J connectivity index is 1.78. The number of nitrogens with zero attached hydrogens (tertiary/aromatic N) is 1. The van der Waals surface area contributed by atoms with Crippen molar-refractivity contribution in [1.29, 1.82) is 0 Å². The van der Waals surface area contributed by atoms with Crippen molar-refractivity contribution in [2.45, 2.75) is 51.3 Å². The monoisotopic (exact) mass is 288 g/mol. The quantitative estimate of drug-likeness (QED) is 0.904. The van der Waals surface area contributed by atoms with E-state index in [1.165, 1.54) is 25.1 Å². The second-order valence-corrected chi connectivity index (χ2v) is 7.46. The number of fused-ring (bicyclic) bond motifs is 1. The molecule has 0 spiro atoms. The molecule has 0 amide bonds. The van der Waals surface area contributed by atoms with Gasteiger partial charge in [0.25, 0.3) is 0 Å². The fourth-order valence-corrected chi connectivity index (χ4v) is 3.81. The lowest BCUT2D eigenvalue weighted by Gasteiger charge is -2.42. The molecule has 0 bridgehead atoms. The van der Waals surface area contributed by atoms with Gasteiger partial charge < -0.3 is 15.0 Å². The third-order valence-electron chi connectivity index (χ3n) is 4.90. The fourth-order valence-electron chi connectivity index (χ4n) is 3.81. The van der Waals surface area contributed by atoms with Gasteiger partial charge in [-0.25, -0.2) is 0 Å². The van der Waals surface area contributed by atoms with E-state index < -0.39 is 0 Å². The minimum absolute atomic E-state index is 0.0965. The molecule has 3 rings (SSSR count). The van der Waals surface area contributed by atoms with Crippen LogP contribution in [-0.2, 0) is 0 Å². The Kier molecular flexibility index (Phi) is 3.98. The number of hydrogen-bond acceptors (Lipinski definition) is 3. The summed E-state index contributed by atoms with van der Waals surface area (Å²) in [6.07, 6.45) is 2.26. The first-order valence-electron chi connectivity index (χ1n) is 8.17. The zero-order valence-corrected chi connectivity index (χ0v) is 13.7. The van der Waals surface area contributed by atoms with Gasteiger partial charge in [-0.15, -0.1) is 0 Å². The molecule has 2 heterocycles. The molecule has 3 unspecified atom stereocenters. The number of nitrogens with one attached hydrogen (secondary N) is 1. The van der Waals surface area contributed by atoms with Crippen LogP contribution in [0.4, 0.5) is 0 Å². The van der Waals surface area contributed by atoms with E-state index in [1.807, 2.05) is 0 Å². The molecule has 0 saturated carbocycles. The first kappa shape index (κ1) is 14.9. The van der Waals surface area contributed by atoms with Crippen molar-refractivity contribution in [3.05, 3.63) is 29.8 Å². The summed E-state index contributed by atoms with van der Waals surface area (Å²) < 4.78 is 6.13. The molecule has 2 aliphatic rings. The smallest absolute Gasteiger partial charge is 0.124 e. The van der Waals surface area contributed by atoms with Gasteiger partial charge >= 0.3 is 0 Å². The SMILES string of the molecule is CC1CN(C)CCC1NC1CC(C)(C)Oc2ccccc21. The minimum Gasteiger partial charge on any atom is -0.487 e. The van der Waals surface area contributed by atoms with Crippen LogP contribution in [0.25, 0.3) is 0 Å². The Bertz CT molecular complexity index is 500. The summed E-state index contributed by atoms with van der Waals surface area (Å²) in [5.41, 5.74) is 1.23. The maximum atomic E-state index is 6.13. The van der Waals surface area contributed by atoms with Crippen molar-refractivity contribution in [1.82, 2.24) is 10.2 Å². The number of benzene rings is 1. The van der Waals surface area contributed by atoms with Crippen LogP contribution < -0.4 is 10.1 Å². The van der Waals surface area contributed by atoms with Crippen LogP contribution in [0.1, 0.15) is 45.2 Å². The van der Waals surface area contributed by atoms with Crippen LogP contribution in [0, 0.1) is 5.92 Å². The van der Waals surface area contributed by atoms with Gasteiger partial charge in [0, 0.05) is 30.6 Å². The highest BCUT2D eigenvalue weighted by Gasteiger charge is 2.36. The van der Waals surface area contributed by atoms with Crippen molar-refractivity contribution in [3.63, 3.8) is 0 Å². The van der Waals surface area contributed by atoms with Gasteiger partial charge in [0.05, 0.1) is 0 Å². The van der Waals surface area contributed by atoms with Crippen molar-refractivity contribution in [2.24, 2.45) is 5.92 Å². The lowest BCUT2D eigenvalue weighted by Crippen LogP contribution is -2.50. The number of hydrogen-bond donors (Lipinski definition) is 1. The number of para-hydroxylation sites is 1. The first-order valence-corrected chi connectivity index (χ1v) is 8.17. The zero-order chi connectivity index (χ0) is 15.0. The van der Waals surface area contributed by atoms with Gasteiger partial charge in [-0.05, 0) is 45.8 Å². The molecule has 0 aliphatic carbocycles. The average molecular weight is 288 g/mol. The van der Waals surface area contributed by atoms with E-state index in [1.54, 1.807) is 0 Å². The molecule has 3 atom stereocenters. The second kappa shape index (κ2) is 5.62. The van der Waals surface area contributed by atoms with Gasteiger partial charge in [0.1, 0.15) is 11.4 Å². The number of rotatable bonds is 2. The average Bonchev–Trinajstić information content (AvgIpc) is 2.40. The van der Waals surface area contributed by atoms with E-state index in [-0.39, 0.29) is 5.60 Å². The topological polar surface area (TPSA) is 24.5 Å². The molecule has 1 saturated heterocycles. The van der Waals surface area contributed by atoms with Crippen LogP contribution in [0.3, 0.4) is 0 Å². The lowest BCUT2D eigenvalue weighted by molar-refractivity contribution is 0.0573. The Morgan fingerprint density at radius 3 is 2.81 bits per heavy atom. The molecule has 1 fully saturated rings. The van der Waals surface area contributed by atoms with Gasteiger partial charge in [-0.1, -0.05) is 25.1 Å². The van der Waals surface area contributed by atoms with Crippen molar-refractivity contribution < 1.29 is 4.74 Å². The summed E-state index contributed by atoms with van der Waals surface area (Å²) in [6, 6.07) is 9.50. The van der Waals surface area contributed by atoms with Crippen LogP contribution in [0.2, 0.25) is 0 Å². The molecule has 116 valence electrons. The van der Waals surface area contributed by atoms with Gasteiger partial charge in [-0.2, -0.15) is 0 Å². The van der Waals surface area contributed by atoms with E-state index in [0.29, 0.717) is 18.0 Å². The zero-order valence-electron chi connectivity index (χ0n) is 13.7. The molecule has 1 aromatic carbocycles. The molecule has 21 heavy (non-hydrogen) atoms. The third kappa shape index (κ3) is 3.24. The second-order valence-electron chi connectivity index (χ2n) is 7.46. The fraction of sp³-hybridized carbons (Fsp3) is 0.667. The number of likely N-dealkylation sites (tertiary alicyclic amines) is 1. The molecule has 1 aromatic rings. The van der Waals surface area contributed by atoms with Crippen LogP contribution in [0.15, 0.2) is 24.3 Å². The van der Waals surface area contributed by atoms with E-state index in [2.05, 4.69) is 62.3 Å². The highest BCUT2D eigenvalue weighted by molar-refractivity contribution is 5.38. The maximum Gasteiger partial charge on any atom is 0.124 e. The molecule has 1 N–H and O–H groups in total. The standard InChI is InChI=1S/C18H28N2O/c1-13-12-20(4)10-9-15(13)19-16-11-18(2,3)21-17-8-6-5-7-14(16)17/h5-8,13,15-16,19H,9-12H2,1-4H3. The Labute approximate surface area is 128 Å². The molecule has 0 aromatic heterocycles. The van der Waals surface area contributed by atoms with E-state index in [0.717, 1.165) is 12.2 Å². The Morgan fingerprint density at radius 2 is 2.05 bits per heavy atom. The summed E-state index contributed by atoms with van der Waals surface area (Å²) in [7, 11) is 2.22. The molecule has 0 radical (unpaired) electrons. The molecule has 3 nitrogen and oxygen atoms in total. The predicted octanol–water partition coefficient (Wildman–Crippen LogP) is 3.22. The van der Waals surface area contributed by atoms with Gasteiger partial charge in [-0.3, -0.25) is 0 Å². The highest BCUT2D eigenvalue weighted by Crippen LogP contribution is 2.40.